The minimum absolute atomic E-state index is 0.0127. The third-order valence-corrected chi connectivity index (χ3v) is 8.15. The van der Waals surface area contributed by atoms with Gasteiger partial charge in [0.15, 0.2) is 11.4 Å². The van der Waals surface area contributed by atoms with E-state index in [0.29, 0.717) is 11.3 Å². The number of carbonyl (C=O) groups excluding carboxylic acids is 2. The third-order valence-electron chi connectivity index (χ3n) is 6.39. The van der Waals surface area contributed by atoms with E-state index in [-0.39, 0.29) is 31.4 Å². The maximum Gasteiger partial charge on any atom is 0.349 e. The zero-order valence-corrected chi connectivity index (χ0v) is 23.2. The molecule has 0 spiro atoms. The Morgan fingerprint density at radius 2 is 1.69 bits per heavy atom. The van der Waals surface area contributed by atoms with Crippen LogP contribution in [0.3, 0.4) is 0 Å². The van der Waals surface area contributed by atoms with Crippen LogP contribution in [0.1, 0.15) is 53.7 Å². The van der Waals surface area contributed by atoms with Gasteiger partial charge in [0.05, 0.1) is 6.61 Å². The lowest BCUT2D eigenvalue weighted by molar-refractivity contribution is -0.158. The van der Waals surface area contributed by atoms with Crippen molar-refractivity contribution in [1.29, 1.82) is 0 Å². The lowest BCUT2D eigenvalue weighted by Crippen LogP contribution is -2.40. The Bertz CT molecular complexity index is 1220. The van der Waals surface area contributed by atoms with Crippen molar-refractivity contribution < 1.29 is 27.5 Å². The first-order valence-corrected chi connectivity index (χ1v) is 14.4. The van der Waals surface area contributed by atoms with Crippen LogP contribution in [0.25, 0.3) is 0 Å². The lowest BCUT2D eigenvalue weighted by atomic mass is 9.82. The van der Waals surface area contributed by atoms with Crippen LogP contribution in [0.4, 0.5) is 0 Å². The predicted octanol–water partition coefficient (Wildman–Crippen LogP) is 3.85. The normalized spacial score (nSPS) is 18.8. The summed E-state index contributed by atoms with van der Waals surface area (Å²) in [6, 6.07) is 11.1. The predicted molar refractivity (Wildman–Crippen MR) is 141 cm³/mol. The fourth-order valence-corrected chi connectivity index (χ4v) is 5.65. The van der Waals surface area contributed by atoms with Crippen LogP contribution < -0.4 is 9.88 Å². The molecule has 2 aromatic rings. The number of aryl methyl sites for hydroxylation is 2. The number of carbonyl (C=O) groups is 2. The smallest absolute Gasteiger partial charge is 0.349 e. The van der Waals surface area contributed by atoms with Crippen LogP contribution in [-0.4, -0.2) is 56.0 Å². The molecule has 1 heterocycles. The van der Waals surface area contributed by atoms with Gasteiger partial charge in [0.2, 0.25) is 0 Å². The molecule has 0 aliphatic carbocycles. The first-order chi connectivity index (χ1) is 16.8. The fraction of sp³-hybridized carbons (Fsp3) is 0.462. The summed E-state index contributed by atoms with van der Waals surface area (Å²) in [5.74, 6) is -1.03. The molecule has 1 fully saturated rings. The number of hydrogen-bond acceptors (Lipinski definition) is 7. The number of nitrogens with two attached hydrogens (primary N) is 1. The number of rotatable bonds is 9. The standard InChI is InChI=1S/C26H34N2O6S2/c1-7-33-25(30)26(4,5)34-24-16(2)12-19(13-17(24)3)21-14-28(36(27,31)32)15-22(21)23(29)18-8-10-20(35-6)11-9-18/h8-13,21-22H,7,14-15H2,1-6H3,(H2,27,31,32)/t21-,22?/m1/s1. The monoisotopic (exact) mass is 534 g/mol. The molecule has 1 aliphatic heterocycles. The number of benzene rings is 2. The Morgan fingerprint density at radius 3 is 2.19 bits per heavy atom. The van der Waals surface area contributed by atoms with Crippen molar-refractivity contribution in [3.63, 3.8) is 0 Å². The molecule has 0 bridgehead atoms. The SMILES string of the molecule is CCOC(=O)C(C)(C)Oc1c(C)cc([C@H]2CN(S(N)(=O)=O)CC2C(=O)c2ccc(SC)cc2)cc1C. The number of hydrogen-bond donors (Lipinski definition) is 1. The number of ketones is 1. The second kappa shape index (κ2) is 10.9. The first-order valence-electron chi connectivity index (χ1n) is 11.7. The van der Waals surface area contributed by atoms with E-state index in [1.165, 1.54) is 0 Å². The molecule has 0 amide bonds. The van der Waals surface area contributed by atoms with E-state index in [4.69, 9.17) is 14.6 Å². The summed E-state index contributed by atoms with van der Waals surface area (Å²) in [6.07, 6.45) is 1.96. The molecule has 1 saturated heterocycles. The maximum atomic E-state index is 13.5. The van der Waals surface area contributed by atoms with E-state index < -0.39 is 27.7 Å². The summed E-state index contributed by atoms with van der Waals surface area (Å²) in [7, 11) is -3.97. The van der Waals surface area contributed by atoms with Gasteiger partial charge in [-0.1, -0.05) is 24.3 Å². The van der Waals surface area contributed by atoms with E-state index >= 15 is 0 Å². The van der Waals surface area contributed by atoms with Crippen molar-refractivity contribution in [2.45, 2.75) is 51.0 Å². The average Bonchev–Trinajstić information content (AvgIpc) is 3.27. The summed E-state index contributed by atoms with van der Waals surface area (Å²) in [4.78, 5) is 26.9. The second-order valence-corrected chi connectivity index (χ2v) is 11.9. The highest BCUT2D eigenvalue weighted by atomic mass is 32.2. The summed E-state index contributed by atoms with van der Waals surface area (Å²) < 4.78 is 36.7. The van der Waals surface area contributed by atoms with Crippen molar-refractivity contribution >= 4 is 33.7 Å². The van der Waals surface area contributed by atoms with Crippen molar-refractivity contribution in [2.75, 3.05) is 26.0 Å². The third kappa shape index (κ3) is 6.11. The molecule has 2 aromatic carbocycles. The molecular formula is C26H34N2O6S2. The van der Waals surface area contributed by atoms with Gasteiger partial charge in [-0.15, -0.1) is 11.8 Å². The van der Waals surface area contributed by atoms with Crippen LogP contribution in [0.15, 0.2) is 41.3 Å². The van der Waals surface area contributed by atoms with Gasteiger partial charge < -0.3 is 9.47 Å². The summed E-state index contributed by atoms with van der Waals surface area (Å²) in [6.45, 7) is 9.12. The number of thioether (sulfide) groups is 1. The number of ether oxygens (including phenoxy) is 2. The summed E-state index contributed by atoms with van der Waals surface area (Å²) in [5.41, 5.74) is 1.70. The largest absolute Gasteiger partial charge is 0.476 e. The van der Waals surface area contributed by atoms with E-state index in [2.05, 4.69) is 0 Å². The Balaban J connectivity index is 1.97. The van der Waals surface area contributed by atoms with E-state index in [1.54, 1.807) is 44.7 Å². The molecule has 1 unspecified atom stereocenters. The van der Waals surface area contributed by atoms with Gasteiger partial charge in [0, 0.05) is 35.4 Å². The molecule has 1 aliphatic rings. The Morgan fingerprint density at radius 1 is 1.11 bits per heavy atom. The van der Waals surface area contributed by atoms with Gasteiger partial charge in [-0.3, -0.25) is 4.79 Å². The van der Waals surface area contributed by atoms with Gasteiger partial charge >= 0.3 is 5.97 Å². The van der Waals surface area contributed by atoms with Crippen molar-refractivity contribution in [3.8, 4) is 5.75 Å². The zero-order chi connectivity index (χ0) is 26.8. The van der Waals surface area contributed by atoms with E-state index in [1.807, 2.05) is 44.4 Å². The summed E-state index contributed by atoms with van der Waals surface area (Å²) in [5, 5.41) is 5.45. The highest BCUT2D eigenvalue weighted by molar-refractivity contribution is 7.98. The average molecular weight is 535 g/mol. The zero-order valence-electron chi connectivity index (χ0n) is 21.5. The Hall–Kier alpha value is -2.40. The van der Waals surface area contributed by atoms with Gasteiger partial charge in [-0.05, 0) is 69.7 Å². The molecule has 196 valence electrons. The second-order valence-electron chi connectivity index (χ2n) is 9.48. The van der Waals surface area contributed by atoms with Gasteiger partial charge in [0.25, 0.3) is 10.2 Å². The highest BCUT2D eigenvalue weighted by Gasteiger charge is 2.42. The van der Waals surface area contributed by atoms with E-state index in [0.717, 1.165) is 25.9 Å². The molecule has 8 nitrogen and oxygen atoms in total. The Labute approximate surface area is 217 Å². The van der Waals surface area contributed by atoms with Gasteiger partial charge in [-0.2, -0.15) is 12.7 Å². The van der Waals surface area contributed by atoms with Crippen molar-refractivity contribution in [1.82, 2.24) is 4.31 Å². The number of Topliss-reactive ketones (excluding diaryl/α,β-unsaturated/α-hetero) is 1. The van der Waals surface area contributed by atoms with Gasteiger partial charge in [0.1, 0.15) is 5.75 Å². The van der Waals surface area contributed by atoms with Crippen LogP contribution in [0.5, 0.6) is 5.75 Å². The highest BCUT2D eigenvalue weighted by Crippen LogP contribution is 2.39. The Kier molecular flexibility index (Phi) is 8.55. The molecule has 0 aromatic heterocycles. The van der Waals surface area contributed by atoms with Crippen molar-refractivity contribution in [2.24, 2.45) is 11.1 Å². The molecule has 2 atom stereocenters. The van der Waals surface area contributed by atoms with Crippen LogP contribution in [0.2, 0.25) is 0 Å². The molecule has 2 N–H and O–H groups in total. The van der Waals surface area contributed by atoms with E-state index in [9.17, 15) is 18.0 Å². The lowest BCUT2D eigenvalue weighted by Gasteiger charge is -2.27. The molecule has 0 saturated carbocycles. The quantitative estimate of drug-likeness (QED) is 0.295. The molecular weight excluding hydrogens is 500 g/mol. The maximum absolute atomic E-state index is 13.5. The topological polar surface area (TPSA) is 116 Å². The molecule has 0 radical (unpaired) electrons. The van der Waals surface area contributed by atoms with Crippen LogP contribution in [-0.2, 0) is 19.7 Å². The minimum atomic E-state index is -3.97. The van der Waals surface area contributed by atoms with Crippen LogP contribution in [0, 0.1) is 19.8 Å². The number of nitrogens with zero attached hydrogens (tertiary/aromatic N) is 1. The van der Waals surface area contributed by atoms with Gasteiger partial charge in [-0.25, -0.2) is 9.93 Å². The number of esters is 1. The first kappa shape index (κ1) is 28.2. The van der Waals surface area contributed by atoms with Crippen molar-refractivity contribution in [3.05, 3.63) is 58.7 Å². The molecule has 36 heavy (non-hydrogen) atoms. The summed E-state index contributed by atoms with van der Waals surface area (Å²) >= 11 is 1.58. The fourth-order valence-electron chi connectivity index (χ4n) is 4.51. The molecule has 10 heteroatoms. The van der Waals surface area contributed by atoms with Crippen LogP contribution >= 0.6 is 11.8 Å². The minimum Gasteiger partial charge on any atom is -0.476 e. The molecule has 3 rings (SSSR count).